The summed E-state index contributed by atoms with van der Waals surface area (Å²) in [6.07, 6.45) is 0. The van der Waals surface area contributed by atoms with Crippen LogP contribution in [-0.2, 0) is 10.1 Å². The van der Waals surface area contributed by atoms with E-state index in [9.17, 15) is 8.42 Å². The summed E-state index contributed by atoms with van der Waals surface area (Å²) in [4.78, 5) is -0.0756. The van der Waals surface area contributed by atoms with Gasteiger partial charge in [0.15, 0.2) is 4.90 Å². The summed E-state index contributed by atoms with van der Waals surface area (Å²) in [6.45, 7) is 6.18. The molecular formula is C17H19ClO5S. The van der Waals surface area contributed by atoms with Gasteiger partial charge in [-0.15, -0.1) is 0 Å². The molecule has 0 N–H and O–H groups in total. The van der Waals surface area contributed by atoms with Crippen molar-refractivity contribution in [1.82, 2.24) is 0 Å². The van der Waals surface area contributed by atoms with Crippen LogP contribution in [0.1, 0.15) is 19.4 Å². The van der Waals surface area contributed by atoms with Crippen molar-refractivity contribution < 1.29 is 22.1 Å². The van der Waals surface area contributed by atoms with Crippen molar-refractivity contribution in [3.8, 4) is 17.2 Å². The lowest BCUT2D eigenvalue weighted by molar-refractivity contribution is 0.319. The summed E-state index contributed by atoms with van der Waals surface area (Å²) >= 11 is 5.80. The molecule has 0 aromatic heterocycles. The van der Waals surface area contributed by atoms with Gasteiger partial charge in [-0.2, -0.15) is 8.42 Å². The van der Waals surface area contributed by atoms with Crippen LogP contribution in [0.5, 0.6) is 17.2 Å². The van der Waals surface area contributed by atoms with Crippen molar-refractivity contribution in [1.29, 1.82) is 0 Å². The van der Waals surface area contributed by atoms with Gasteiger partial charge in [0.25, 0.3) is 0 Å². The van der Waals surface area contributed by atoms with E-state index < -0.39 is 10.1 Å². The topological polar surface area (TPSA) is 61.8 Å². The molecule has 0 fully saturated rings. The summed E-state index contributed by atoms with van der Waals surface area (Å²) in [5.41, 5.74) is 0.783. The van der Waals surface area contributed by atoms with E-state index in [1.165, 1.54) is 18.2 Å². The number of halogens is 1. The first-order chi connectivity index (χ1) is 11.4. The van der Waals surface area contributed by atoms with Crippen LogP contribution in [0.15, 0.2) is 41.3 Å². The molecule has 2 aromatic rings. The van der Waals surface area contributed by atoms with Crippen LogP contribution in [0.3, 0.4) is 0 Å². The van der Waals surface area contributed by atoms with Crippen LogP contribution in [0.25, 0.3) is 0 Å². The molecule has 0 radical (unpaired) electrons. The van der Waals surface area contributed by atoms with Crippen LogP contribution in [0, 0.1) is 6.92 Å². The molecule has 0 saturated heterocycles. The normalized spacial score (nSPS) is 11.2. The Kier molecular flexibility index (Phi) is 5.96. The molecule has 0 heterocycles. The maximum atomic E-state index is 12.7. The van der Waals surface area contributed by atoms with E-state index in [1.807, 2.05) is 13.8 Å². The first-order valence-electron chi connectivity index (χ1n) is 7.47. The third-order valence-corrected chi connectivity index (χ3v) is 4.65. The molecule has 0 bridgehead atoms. The Morgan fingerprint density at radius 2 is 1.54 bits per heavy atom. The van der Waals surface area contributed by atoms with E-state index in [1.54, 1.807) is 25.1 Å². The Morgan fingerprint density at radius 3 is 2.12 bits per heavy atom. The highest BCUT2D eigenvalue weighted by atomic mass is 35.5. The standard InChI is InChI=1S/C17H19ClO5S/c1-4-21-15-11-17(16(22-5-2)10-12(15)3)24(19,20)23-14-8-6-13(18)7-9-14/h6-11H,4-5H2,1-3H3. The molecule has 0 aliphatic carbocycles. The Bertz CT molecular complexity index is 800. The first kappa shape index (κ1) is 18.4. The second-order valence-corrected chi connectivity index (χ2v) is 6.87. The zero-order chi connectivity index (χ0) is 17.7. The van der Waals surface area contributed by atoms with Gasteiger partial charge >= 0.3 is 10.1 Å². The van der Waals surface area contributed by atoms with Crippen LogP contribution < -0.4 is 13.7 Å². The van der Waals surface area contributed by atoms with E-state index >= 15 is 0 Å². The molecule has 2 rings (SSSR count). The lowest BCUT2D eigenvalue weighted by Crippen LogP contribution is -2.12. The molecular weight excluding hydrogens is 352 g/mol. The summed E-state index contributed by atoms with van der Waals surface area (Å²) in [6, 6.07) is 9.13. The first-order valence-corrected chi connectivity index (χ1v) is 9.26. The van der Waals surface area contributed by atoms with Gasteiger partial charge in [-0.25, -0.2) is 0 Å². The molecule has 0 spiro atoms. The zero-order valence-electron chi connectivity index (χ0n) is 13.7. The van der Waals surface area contributed by atoms with Gasteiger partial charge in [0.2, 0.25) is 0 Å². The number of hydrogen-bond acceptors (Lipinski definition) is 5. The SMILES string of the molecule is CCOc1cc(S(=O)(=O)Oc2ccc(Cl)cc2)c(OCC)cc1C. The second kappa shape index (κ2) is 7.77. The maximum Gasteiger partial charge on any atom is 0.343 e. The molecule has 7 heteroatoms. The van der Waals surface area contributed by atoms with Crippen molar-refractivity contribution in [3.05, 3.63) is 47.0 Å². The minimum atomic E-state index is -4.08. The van der Waals surface area contributed by atoms with Gasteiger partial charge in [-0.1, -0.05) is 11.6 Å². The molecule has 5 nitrogen and oxygen atoms in total. The van der Waals surface area contributed by atoms with Crippen molar-refractivity contribution in [3.63, 3.8) is 0 Å². The van der Waals surface area contributed by atoms with E-state index in [0.29, 0.717) is 24.0 Å². The quantitative estimate of drug-likeness (QED) is 0.683. The molecule has 0 amide bonds. The summed E-state index contributed by atoms with van der Waals surface area (Å²) in [5.74, 6) is 0.868. The van der Waals surface area contributed by atoms with Gasteiger partial charge in [-0.3, -0.25) is 0 Å². The molecule has 2 aromatic carbocycles. The van der Waals surface area contributed by atoms with Crippen molar-refractivity contribution in [2.75, 3.05) is 13.2 Å². The largest absolute Gasteiger partial charge is 0.494 e. The minimum absolute atomic E-state index is 0.0756. The van der Waals surface area contributed by atoms with Gasteiger partial charge < -0.3 is 13.7 Å². The van der Waals surface area contributed by atoms with Crippen LogP contribution in [-0.4, -0.2) is 21.6 Å². The van der Waals surface area contributed by atoms with Gasteiger partial charge in [0.05, 0.1) is 13.2 Å². The highest BCUT2D eigenvalue weighted by Crippen LogP contribution is 2.33. The van der Waals surface area contributed by atoms with Crippen molar-refractivity contribution in [2.24, 2.45) is 0 Å². The van der Waals surface area contributed by atoms with Crippen molar-refractivity contribution >= 4 is 21.7 Å². The van der Waals surface area contributed by atoms with E-state index in [2.05, 4.69) is 0 Å². The van der Waals surface area contributed by atoms with Gasteiger partial charge in [-0.05, 0) is 56.7 Å². The molecule has 0 aliphatic rings. The Morgan fingerprint density at radius 1 is 0.958 bits per heavy atom. The monoisotopic (exact) mass is 370 g/mol. The van der Waals surface area contributed by atoms with Crippen LogP contribution in [0.2, 0.25) is 5.02 Å². The number of rotatable bonds is 7. The highest BCUT2D eigenvalue weighted by molar-refractivity contribution is 7.87. The zero-order valence-corrected chi connectivity index (χ0v) is 15.3. The Hall–Kier alpha value is -1.92. The predicted molar refractivity (Wildman–Crippen MR) is 92.8 cm³/mol. The molecule has 0 unspecified atom stereocenters. The van der Waals surface area contributed by atoms with E-state index in [-0.39, 0.29) is 16.4 Å². The number of benzene rings is 2. The second-order valence-electron chi connectivity index (χ2n) is 4.92. The lowest BCUT2D eigenvalue weighted by atomic mass is 10.2. The van der Waals surface area contributed by atoms with E-state index in [4.69, 9.17) is 25.3 Å². The number of aryl methyl sites for hydroxylation is 1. The average Bonchev–Trinajstić information content (AvgIpc) is 2.52. The van der Waals surface area contributed by atoms with Gasteiger partial charge in [0.1, 0.15) is 17.2 Å². The van der Waals surface area contributed by atoms with Gasteiger partial charge in [0, 0.05) is 11.1 Å². The van der Waals surface area contributed by atoms with E-state index in [0.717, 1.165) is 5.56 Å². The molecule has 0 saturated carbocycles. The fourth-order valence-corrected chi connectivity index (χ4v) is 3.28. The number of hydrogen-bond donors (Lipinski definition) is 0. The minimum Gasteiger partial charge on any atom is -0.494 e. The van der Waals surface area contributed by atoms with Crippen LogP contribution >= 0.6 is 11.6 Å². The maximum absolute atomic E-state index is 12.7. The molecule has 0 atom stereocenters. The van der Waals surface area contributed by atoms with Crippen molar-refractivity contribution in [2.45, 2.75) is 25.7 Å². The van der Waals surface area contributed by atoms with Crippen LogP contribution in [0.4, 0.5) is 0 Å². The smallest absolute Gasteiger partial charge is 0.343 e. The predicted octanol–water partition coefficient (Wildman–Crippen LogP) is 4.21. The Balaban J connectivity index is 2.46. The summed E-state index contributed by atoms with van der Waals surface area (Å²) in [7, 11) is -4.08. The summed E-state index contributed by atoms with van der Waals surface area (Å²) in [5, 5.41) is 0.490. The molecule has 130 valence electrons. The summed E-state index contributed by atoms with van der Waals surface area (Å²) < 4.78 is 41.4. The Labute approximate surface area is 147 Å². The fraction of sp³-hybridized carbons (Fsp3) is 0.294. The highest BCUT2D eigenvalue weighted by Gasteiger charge is 2.24. The fourth-order valence-electron chi connectivity index (χ4n) is 2.08. The lowest BCUT2D eigenvalue weighted by Gasteiger charge is -2.15. The molecule has 24 heavy (non-hydrogen) atoms. The third-order valence-electron chi connectivity index (χ3n) is 3.13. The molecule has 0 aliphatic heterocycles. The average molecular weight is 371 g/mol. The number of ether oxygens (including phenoxy) is 2. The third kappa shape index (κ3) is 4.33.